The van der Waals surface area contributed by atoms with Crippen molar-refractivity contribution in [3.63, 3.8) is 0 Å². The van der Waals surface area contributed by atoms with Gasteiger partial charge < -0.3 is 14.9 Å². The number of rotatable bonds is 6. The highest BCUT2D eigenvalue weighted by Crippen LogP contribution is 2.38. The van der Waals surface area contributed by atoms with E-state index in [1.807, 2.05) is 0 Å². The van der Waals surface area contributed by atoms with Crippen LogP contribution in [0.15, 0.2) is 35.5 Å². The quantitative estimate of drug-likeness (QED) is 0.421. The molecular weight excluding hydrogens is 422 g/mol. The number of carbonyl (C=O) groups is 1. The lowest BCUT2D eigenvalue weighted by atomic mass is 10.0. The monoisotopic (exact) mass is 435 g/mol. The van der Waals surface area contributed by atoms with Gasteiger partial charge in [0.1, 0.15) is 23.9 Å². The van der Waals surface area contributed by atoms with E-state index in [9.17, 15) is 18.0 Å². The molecule has 0 fully saturated rings. The Hall–Kier alpha value is -2.52. The molecule has 1 heterocycles. The summed E-state index contributed by atoms with van der Waals surface area (Å²) in [7, 11) is 2.72. The fourth-order valence-corrected chi connectivity index (χ4v) is 2.64. The van der Waals surface area contributed by atoms with Crippen LogP contribution in [0.1, 0.15) is 16.7 Å². The molecule has 2 rings (SSSR count). The summed E-state index contributed by atoms with van der Waals surface area (Å²) in [4.78, 5) is 20.3. The molecule has 0 saturated carbocycles. The Labute approximate surface area is 168 Å². The van der Waals surface area contributed by atoms with Gasteiger partial charge in [-0.1, -0.05) is 52.6 Å². The number of hydrogen-bond donors (Lipinski definition) is 1. The molecule has 6 nitrogen and oxygen atoms in total. The molecule has 0 saturated heterocycles. The number of ether oxygens (including phenoxy) is 1. The molecule has 1 N–H and O–H groups in total. The third-order valence-corrected chi connectivity index (χ3v) is 4.02. The summed E-state index contributed by atoms with van der Waals surface area (Å²) < 4.78 is 44.0. The summed E-state index contributed by atoms with van der Waals surface area (Å²) in [5, 5.41) is 5.01. The predicted molar refractivity (Wildman–Crippen MR) is 97.6 cm³/mol. The molecule has 2 aromatic rings. The van der Waals surface area contributed by atoms with Crippen molar-refractivity contribution in [2.75, 3.05) is 14.2 Å². The number of hydrogen-bond acceptors (Lipinski definition) is 5. The molecule has 0 radical (unpaired) electrons. The van der Waals surface area contributed by atoms with E-state index in [1.54, 1.807) is 24.3 Å². The van der Waals surface area contributed by atoms with Gasteiger partial charge in [-0.2, -0.15) is 18.2 Å². The number of aromatic nitrogens is 1. The van der Waals surface area contributed by atoms with Crippen LogP contribution in [0.5, 0.6) is 5.88 Å². The third kappa shape index (κ3) is 5.05. The minimum absolute atomic E-state index is 0.00583. The zero-order valence-electron chi connectivity index (χ0n) is 14.6. The maximum absolute atomic E-state index is 12.8. The van der Waals surface area contributed by atoms with Crippen LogP contribution in [-0.2, 0) is 22.4 Å². The number of nitrogens with one attached hydrogen (secondary N) is 1. The lowest BCUT2D eigenvalue weighted by molar-refractivity contribution is -0.137. The van der Waals surface area contributed by atoms with Gasteiger partial charge in [-0.15, -0.1) is 0 Å². The molecule has 0 bridgehead atoms. The third-order valence-electron chi connectivity index (χ3n) is 3.46. The van der Waals surface area contributed by atoms with Gasteiger partial charge in [-0.05, 0) is 11.6 Å². The second-order valence-electron chi connectivity index (χ2n) is 5.26. The number of nitrogens with zero attached hydrogens (tertiary/aromatic N) is 2. The summed E-state index contributed by atoms with van der Waals surface area (Å²) in [6, 6.07) is 7.25. The van der Waals surface area contributed by atoms with Gasteiger partial charge >= 0.3 is 6.18 Å². The van der Waals surface area contributed by atoms with Crippen molar-refractivity contribution >= 4 is 34.8 Å². The molecule has 1 aromatic heterocycles. The summed E-state index contributed by atoms with van der Waals surface area (Å²) in [5.41, 5.74) is -0.275. The summed E-state index contributed by atoms with van der Waals surface area (Å²) >= 11 is 11.4. The zero-order chi connectivity index (χ0) is 20.9. The number of benzene rings is 1. The van der Waals surface area contributed by atoms with Gasteiger partial charge in [0.15, 0.2) is 5.71 Å². The number of carbonyl (C=O) groups excluding carboxylic acids is 1. The van der Waals surface area contributed by atoms with Crippen LogP contribution in [0.4, 0.5) is 13.2 Å². The SMILES string of the molecule is CNC(=O)/C(=N/OC)c1ccccc1COc1nc(Cl)c(C(F)(F)F)cc1Cl. The molecule has 0 aliphatic carbocycles. The van der Waals surface area contributed by atoms with Crippen LogP contribution >= 0.6 is 23.2 Å². The number of likely N-dealkylation sites (N-methyl/N-ethyl adjacent to an activating group) is 1. The Balaban J connectivity index is 2.33. The van der Waals surface area contributed by atoms with Gasteiger partial charge in [-0.3, -0.25) is 4.79 Å². The van der Waals surface area contributed by atoms with Crippen molar-refractivity contribution in [1.82, 2.24) is 10.3 Å². The topological polar surface area (TPSA) is 72.8 Å². The van der Waals surface area contributed by atoms with E-state index in [0.717, 1.165) is 0 Å². The first-order chi connectivity index (χ1) is 13.2. The smallest absolute Gasteiger partial charge is 0.419 e. The number of pyridine rings is 1. The standard InChI is InChI=1S/C17H14Cl2F3N3O3/c1-23-15(26)13(25-27-2)10-6-4-3-5-9(10)8-28-16-12(18)7-11(14(19)24-16)17(20,21)22/h3-7H,8H2,1-2H3,(H,23,26)/b25-13+. The van der Waals surface area contributed by atoms with Crippen molar-refractivity contribution in [1.29, 1.82) is 0 Å². The number of alkyl halides is 3. The average molecular weight is 436 g/mol. The van der Waals surface area contributed by atoms with E-state index < -0.39 is 22.8 Å². The normalized spacial score (nSPS) is 11.9. The Morgan fingerprint density at radius 3 is 2.57 bits per heavy atom. The molecule has 0 unspecified atom stereocenters. The van der Waals surface area contributed by atoms with Crippen LogP contribution in [0, 0.1) is 0 Å². The van der Waals surface area contributed by atoms with Crippen LogP contribution in [-0.4, -0.2) is 30.8 Å². The molecule has 1 amide bonds. The fourth-order valence-electron chi connectivity index (χ4n) is 2.20. The molecular formula is C17H14Cl2F3N3O3. The van der Waals surface area contributed by atoms with Crippen molar-refractivity contribution in [2.45, 2.75) is 12.8 Å². The molecule has 0 spiro atoms. The number of oxime groups is 1. The Bertz CT molecular complexity index is 905. The molecule has 28 heavy (non-hydrogen) atoms. The highest BCUT2D eigenvalue weighted by Gasteiger charge is 2.35. The molecule has 0 atom stereocenters. The Morgan fingerprint density at radius 2 is 1.96 bits per heavy atom. The summed E-state index contributed by atoms with van der Waals surface area (Å²) in [6.07, 6.45) is -4.70. The van der Waals surface area contributed by atoms with Crippen molar-refractivity contribution < 1.29 is 27.5 Å². The maximum atomic E-state index is 12.8. The van der Waals surface area contributed by atoms with Gasteiger partial charge in [-0.25, -0.2) is 0 Å². The first kappa shape index (κ1) is 21.8. The number of amides is 1. The van der Waals surface area contributed by atoms with Crippen molar-refractivity contribution in [3.8, 4) is 5.88 Å². The maximum Gasteiger partial charge on any atom is 0.419 e. The predicted octanol–water partition coefficient (Wildman–Crippen LogP) is 4.08. The molecule has 11 heteroatoms. The zero-order valence-corrected chi connectivity index (χ0v) is 16.1. The highest BCUT2D eigenvalue weighted by molar-refractivity contribution is 6.45. The largest absolute Gasteiger partial charge is 0.472 e. The minimum atomic E-state index is -4.70. The first-order valence-electron chi connectivity index (χ1n) is 7.66. The van der Waals surface area contributed by atoms with E-state index in [1.165, 1.54) is 14.2 Å². The van der Waals surface area contributed by atoms with Crippen LogP contribution in [0.3, 0.4) is 0 Å². The lowest BCUT2D eigenvalue weighted by Gasteiger charge is -2.14. The van der Waals surface area contributed by atoms with E-state index in [2.05, 4.69) is 15.5 Å². The van der Waals surface area contributed by atoms with Gasteiger partial charge in [0.05, 0.1) is 5.56 Å². The molecule has 0 aliphatic heterocycles. The average Bonchev–Trinajstić information content (AvgIpc) is 2.65. The van der Waals surface area contributed by atoms with Crippen LogP contribution in [0.25, 0.3) is 0 Å². The number of halogens is 5. The van der Waals surface area contributed by atoms with E-state index in [4.69, 9.17) is 32.8 Å². The molecule has 1 aromatic carbocycles. The summed E-state index contributed by atoms with van der Waals surface area (Å²) in [5.74, 6) is -0.775. The van der Waals surface area contributed by atoms with Gasteiger partial charge in [0.25, 0.3) is 5.91 Å². The Kier molecular flexibility index (Phi) is 7.09. The van der Waals surface area contributed by atoms with E-state index in [-0.39, 0.29) is 23.2 Å². The second-order valence-corrected chi connectivity index (χ2v) is 6.02. The fraction of sp³-hybridized carbons (Fsp3) is 0.235. The van der Waals surface area contributed by atoms with Crippen LogP contribution in [0.2, 0.25) is 10.2 Å². The minimum Gasteiger partial charge on any atom is -0.472 e. The van der Waals surface area contributed by atoms with E-state index in [0.29, 0.717) is 17.2 Å². The van der Waals surface area contributed by atoms with Gasteiger partial charge in [0.2, 0.25) is 5.88 Å². The van der Waals surface area contributed by atoms with Crippen molar-refractivity contribution in [3.05, 3.63) is 57.2 Å². The van der Waals surface area contributed by atoms with Gasteiger partial charge in [0, 0.05) is 12.6 Å². The lowest BCUT2D eigenvalue weighted by Crippen LogP contribution is -2.29. The summed E-state index contributed by atoms with van der Waals surface area (Å²) in [6.45, 7) is -0.162. The van der Waals surface area contributed by atoms with Crippen molar-refractivity contribution in [2.24, 2.45) is 5.16 Å². The molecule has 0 aliphatic rings. The Morgan fingerprint density at radius 1 is 1.29 bits per heavy atom. The second kappa shape index (κ2) is 9.11. The highest BCUT2D eigenvalue weighted by atomic mass is 35.5. The first-order valence-corrected chi connectivity index (χ1v) is 8.42. The van der Waals surface area contributed by atoms with E-state index >= 15 is 0 Å². The van der Waals surface area contributed by atoms with Crippen LogP contribution < -0.4 is 10.1 Å². The molecule has 150 valence electrons.